The molecule has 11 heavy (non-hydrogen) atoms. The van der Waals surface area contributed by atoms with Crippen molar-refractivity contribution in [2.45, 2.75) is 24.6 Å². The third kappa shape index (κ3) is 0.767. The van der Waals surface area contributed by atoms with Crippen LogP contribution in [0.25, 0.3) is 0 Å². The molecule has 0 radical (unpaired) electrons. The first-order valence-electron chi connectivity index (χ1n) is 4.67. The van der Waals surface area contributed by atoms with Gasteiger partial charge in [0.25, 0.3) is 0 Å². The van der Waals surface area contributed by atoms with Crippen LogP contribution in [0.4, 0.5) is 0 Å². The molecule has 3 aliphatic carbocycles. The van der Waals surface area contributed by atoms with Crippen molar-refractivity contribution in [3.8, 4) is 0 Å². The quantitative estimate of drug-likeness (QED) is 0.386. The van der Waals surface area contributed by atoms with Crippen molar-refractivity contribution < 1.29 is 0 Å². The maximum Gasteiger partial charge on any atom is 0.0427 e. The van der Waals surface area contributed by atoms with E-state index in [-0.39, 0.29) is 0 Å². The Balaban J connectivity index is 2.03. The van der Waals surface area contributed by atoms with Crippen LogP contribution in [0.1, 0.15) is 19.3 Å². The summed E-state index contributed by atoms with van der Waals surface area (Å²) in [6, 6.07) is 0. The first-order valence-corrected chi connectivity index (χ1v) is 5.10. The molecular weight excluding hydrogens is 156 g/mol. The molecule has 0 N–H and O–H groups in total. The number of allylic oxidation sites excluding steroid dienone is 2. The molecule has 2 saturated carbocycles. The van der Waals surface area contributed by atoms with Gasteiger partial charge in [-0.25, -0.2) is 0 Å². The Morgan fingerprint density at radius 1 is 0.909 bits per heavy atom. The summed E-state index contributed by atoms with van der Waals surface area (Å²) >= 11 is 6.35. The van der Waals surface area contributed by atoms with Crippen molar-refractivity contribution in [3.63, 3.8) is 0 Å². The standard InChI is InChI=1S/C10H13Cl/c11-10-7-2-1-6-3-9(10)5-8(6)4-7/h1-2,6-10H,3-5H2/t6-,7-,8+,9+,10?/m0/s1. The number of fused-ring (bicyclic) bond motifs is 2. The van der Waals surface area contributed by atoms with E-state index in [4.69, 9.17) is 11.6 Å². The molecule has 5 atom stereocenters. The molecule has 0 aliphatic heterocycles. The molecule has 0 amide bonds. The molecule has 0 spiro atoms. The van der Waals surface area contributed by atoms with Crippen molar-refractivity contribution in [3.05, 3.63) is 12.2 Å². The Morgan fingerprint density at radius 2 is 1.64 bits per heavy atom. The molecular formula is C10H13Cl. The molecule has 2 fully saturated rings. The fourth-order valence-electron chi connectivity index (χ4n) is 3.27. The SMILES string of the molecule is ClC1[C@H]2C[C@H]3C[C@@H]1C=C[C@H]3C2. The fourth-order valence-corrected chi connectivity index (χ4v) is 3.66. The number of halogens is 1. The molecule has 60 valence electrons. The van der Waals surface area contributed by atoms with E-state index in [1.54, 1.807) is 0 Å². The van der Waals surface area contributed by atoms with Gasteiger partial charge in [0.05, 0.1) is 0 Å². The summed E-state index contributed by atoms with van der Waals surface area (Å²) in [5.74, 6) is 3.48. The van der Waals surface area contributed by atoms with Crippen molar-refractivity contribution >= 4 is 11.6 Å². The zero-order chi connectivity index (χ0) is 7.42. The van der Waals surface area contributed by atoms with E-state index in [2.05, 4.69) is 12.2 Å². The summed E-state index contributed by atoms with van der Waals surface area (Å²) < 4.78 is 0. The highest BCUT2D eigenvalue weighted by Crippen LogP contribution is 2.53. The van der Waals surface area contributed by atoms with E-state index in [1.807, 2.05) is 0 Å². The van der Waals surface area contributed by atoms with Gasteiger partial charge in [-0.3, -0.25) is 0 Å². The summed E-state index contributed by atoms with van der Waals surface area (Å²) in [6.07, 6.45) is 8.98. The van der Waals surface area contributed by atoms with E-state index in [1.165, 1.54) is 19.3 Å². The molecule has 0 nitrogen and oxygen atoms in total. The number of hydrogen-bond donors (Lipinski definition) is 0. The lowest BCUT2D eigenvalue weighted by Gasteiger charge is -2.33. The third-order valence-corrected chi connectivity index (χ3v) is 4.51. The van der Waals surface area contributed by atoms with E-state index in [0.717, 1.165) is 23.7 Å². The van der Waals surface area contributed by atoms with Crippen molar-refractivity contribution in [2.75, 3.05) is 0 Å². The number of hydrogen-bond acceptors (Lipinski definition) is 0. The first-order chi connectivity index (χ1) is 5.34. The van der Waals surface area contributed by atoms with Gasteiger partial charge in [0.2, 0.25) is 0 Å². The molecule has 3 bridgehead atoms. The van der Waals surface area contributed by atoms with Crippen LogP contribution in [-0.2, 0) is 0 Å². The number of rotatable bonds is 0. The normalized spacial score (nSPS) is 58.8. The first kappa shape index (κ1) is 6.54. The molecule has 3 rings (SSSR count). The van der Waals surface area contributed by atoms with Gasteiger partial charge in [0, 0.05) is 5.38 Å². The minimum Gasteiger partial charge on any atom is -0.122 e. The van der Waals surface area contributed by atoms with Crippen LogP contribution >= 0.6 is 11.6 Å². The molecule has 0 heterocycles. The maximum atomic E-state index is 6.35. The van der Waals surface area contributed by atoms with Crippen LogP contribution in [0.3, 0.4) is 0 Å². The second-order valence-corrected chi connectivity index (χ2v) is 4.89. The minimum absolute atomic E-state index is 0.468. The molecule has 0 aromatic rings. The molecule has 0 aromatic carbocycles. The lowest BCUT2D eigenvalue weighted by molar-refractivity contribution is 0.283. The van der Waals surface area contributed by atoms with Crippen LogP contribution in [0.15, 0.2) is 12.2 Å². The highest BCUT2D eigenvalue weighted by Gasteiger charge is 2.46. The summed E-state index contributed by atoms with van der Waals surface area (Å²) in [4.78, 5) is 0. The highest BCUT2D eigenvalue weighted by molar-refractivity contribution is 6.21. The van der Waals surface area contributed by atoms with E-state index < -0.39 is 0 Å². The Labute approximate surface area is 72.6 Å². The smallest absolute Gasteiger partial charge is 0.0427 e. The van der Waals surface area contributed by atoms with Gasteiger partial charge in [0.1, 0.15) is 0 Å². The zero-order valence-electron chi connectivity index (χ0n) is 6.54. The Bertz CT molecular complexity index is 209. The van der Waals surface area contributed by atoms with Crippen molar-refractivity contribution in [2.24, 2.45) is 23.7 Å². The monoisotopic (exact) mass is 168 g/mol. The fraction of sp³-hybridized carbons (Fsp3) is 0.800. The summed E-state index contributed by atoms with van der Waals surface area (Å²) in [7, 11) is 0. The summed E-state index contributed by atoms with van der Waals surface area (Å²) in [5, 5.41) is 0.468. The van der Waals surface area contributed by atoms with Crippen LogP contribution in [0.2, 0.25) is 0 Å². The lowest BCUT2D eigenvalue weighted by Crippen LogP contribution is -2.28. The highest BCUT2D eigenvalue weighted by atomic mass is 35.5. The molecule has 1 heteroatoms. The van der Waals surface area contributed by atoms with Gasteiger partial charge in [-0.2, -0.15) is 0 Å². The predicted molar refractivity (Wildman–Crippen MR) is 46.6 cm³/mol. The van der Waals surface area contributed by atoms with Gasteiger partial charge in [-0.15, -0.1) is 11.6 Å². The van der Waals surface area contributed by atoms with Gasteiger partial charge >= 0.3 is 0 Å². The van der Waals surface area contributed by atoms with Gasteiger partial charge < -0.3 is 0 Å². The second-order valence-electron chi connectivity index (χ2n) is 4.38. The predicted octanol–water partition coefficient (Wildman–Crippen LogP) is 2.83. The third-order valence-electron chi connectivity index (χ3n) is 3.83. The van der Waals surface area contributed by atoms with Gasteiger partial charge in [0.15, 0.2) is 0 Å². The van der Waals surface area contributed by atoms with Crippen molar-refractivity contribution in [1.29, 1.82) is 0 Å². The average molecular weight is 169 g/mol. The van der Waals surface area contributed by atoms with E-state index >= 15 is 0 Å². The largest absolute Gasteiger partial charge is 0.122 e. The van der Waals surface area contributed by atoms with Crippen LogP contribution in [-0.4, -0.2) is 5.38 Å². The Morgan fingerprint density at radius 3 is 2.55 bits per heavy atom. The summed E-state index contributed by atoms with van der Waals surface area (Å²) in [6.45, 7) is 0. The molecule has 0 saturated heterocycles. The van der Waals surface area contributed by atoms with Crippen LogP contribution in [0, 0.1) is 23.7 Å². The van der Waals surface area contributed by atoms with Gasteiger partial charge in [-0.05, 0) is 42.9 Å². The van der Waals surface area contributed by atoms with Crippen molar-refractivity contribution in [1.82, 2.24) is 0 Å². The zero-order valence-corrected chi connectivity index (χ0v) is 7.30. The molecule has 1 unspecified atom stereocenters. The van der Waals surface area contributed by atoms with Crippen LogP contribution < -0.4 is 0 Å². The Hall–Kier alpha value is 0.0300. The van der Waals surface area contributed by atoms with E-state index in [9.17, 15) is 0 Å². The second kappa shape index (κ2) is 2.04. The van der Waals surface area contributed by atoms with Gasteiger partial charge in [-0.1, -0.05) is 12.2 Å². The molecule has 0 aromatic heterocycles. The Kier molecular flexibility index (Phi) is 1.21. The minimum atomic E-state index is 0.468. The topological polar surface area (TPSA) is 0 Å². The number of alkyl halides is 1. The lowest BCUT2D eigenvalue weighted by atomic mass is 9.76. The molecule has 3 aliphatic rings. The van der Waals surface area contributed by atoms with Crippen LogP contribution in [0.5, 0.6) is 0 Å². The average Bonchev–Trinajstić information content (AvgIpc) is 2.33. The maximum absolute atomic E-state index is 6.35. The van der Waals surface area contributed by atoms with E-state index in [0.29, 0.717) is 5.38 Å². The summed E-state index contributed by atoms with van der Waals surface area (Å²) in [5.41, 5.74) is 0.